The number of benzene rings is 2. The number of nitrogens with one attached hydrogen (secondary N) is 3. The van der Waals surface area contributed by atoms with Crippen LogP contribution in [0, 0.1) is 12.7 Å². The number of amides is 3. The average Bonchev–Trinajstić information content (AvgIpc) is 2.57. The Labute approximate surface area is 150 Å². The van der Waals surface area contributed by atoms with Gasteiger partial charge in [-0.25, -0.2) is 4.39 Å². The maximum absolute atomic E-state index is 13.8. The van der Waals surface area contributed by atoms with Gasteiger partial charge in [-0.2, -0.15) is 0 Å². The van der Waals surface area contributed by atoms with Crippen LogP contribution in [0.25, 0.3) is 0 Å². The van der Waals surface area contributed by atoms with Gasteiger partial charge in [-0.15, -0.1) is 0 Å². The molecule has 0 aliphatic heterocycles. The van der Waals surface area contributed by atoms with E-state index in [4.69, 9.17) is 0 Å². The van der Waals surface area contributed by atoms with Gasteiger partial charge in [0.1, 0.15) is 5.82 Å². The molecule has 0 aliphatic rings. The quantitative estimate of drug-likeness (QED) is 0.735. The molecule has 0 spiro atoms. The molecular weight excluding hydrogens is 337 g/mol. The van der Waals surface area contributed by atoms with E-state index in [2.05, 4.69) is 16.0 Å². The molecule has 0 aromatic heterocycles. The van der Waals surface area contributed by atoms with Crippen LogP contribution < -0.4 is 16.0 Å². The van der Waals surface area contributed by atoms with Crippen LogP contribution in [0.1, 0.15) is 31.0 Å². The number of halogens is 1. The van der Waals surface area contributed by atoms with Crippen LogP contribution in [0.15, 0.2) is 42.5 Å². The van der Waals surface area contributed by atoms with E-state index >= 15 is 0 Å². The second kappa shape index (κ2) is 8.24. The van der Waals surface area contributed by atoms with E-state index in [-0.39, 0.29) is 17.6 Å². The molecule has 7 heteroatoms. The molecule has 0 heterocycles. The molecule has 1 atom stereocenters. The van der Waals surface area contributed by atoms with E-state index in [9.17, 15) is 18.8 Å². The Kier molecular flexibility index (Phi) is 6.06. The van der Waals surface area contributed by atoms with Gasteiger partial charge in [-0.3, -0.25) is 14.4 Å². The maximum atomic E-state index is 13.8. The Morgan fingerprint density at radius 1 is 0.962 bits per heavy atom. The van der Waals surface area contributed by atoms with Gasteiger partial charge in [0.2, 0.25) is 5.91 Å². The summed E-state index contributed by atoms with van der Waals surface area (Å²) in [5.74, 6) is -2.93. The fraction of sp³-hybridized carbons (Fsp3) is 0.211. The second-order valence-electron chi connectivity index (χ2n) is 5.94. The Morgan fingerprint density at radius 2 is 1.62 bits per heavy atom. The van der Waals surface area contributed by atoms with Crippen LogP contribution in [0.2, 0.25) is 0 Å². The summed E-state index contributed by atoms with van der Waals surface area (Å²) in [5, 5.41) is 7.25. The molecule has 1 unspecified atom stereocenters. The molecule has 0 saturated carbocycles. The monoisotopic (exact) mass is 357 g/mol. The summed E-state index contributed by atoms with van der Waals surface area (Å²) >= 11 is 0. The van der Waals surface area contributed by atoms with E-state index < -0.39 is 17.6 Å². The summed E-state index contributed by atoms with van der Waals surface area (Å²) in [7, 11) is 0. The van der Waals surface area contributed by atoms with E-state index in [1.165, 1.54) is 19.1 Å². The number of rotatable bonds is 4. The minimum atomic E-state index is -0.997. The summed E-state index contributed by atoms with van der Waals surface area (Å²) in [6.45, 7) is 5.00. The van der Waals surface area contributed by atoms with Crippen molar-refractivity contribution < 1.29 is 18.8 Å². The smallest absolute Gasteiger partial charge is 0.313 e. The minimum absolute atomic E-state index is 0.195. The zero-order valence-electron chi connectivity index (χ0n) is 14.7. The lowest BCUT2D eigenvalue weighted by atomic mass is 10.1. The molecule has 26 heavy (non-hydrogen) atoms. The normalized spacial score (nSPS) is 11.4. The van der Waals surface area contributed by atoms with Crippen molar-refractivity contribution in [2.75, 3.05) is 10.6 Å². The molecule has 3 N–H and O–H groups in total. The van der Waals surface area contributed by atoms with Crippen molar-refractivity contribution in [1.29, 1.82) is 0 Å². The highest BCUT2D eigenvalue weighted by molar-refractivity contribution is 6.39. The number of carbonyl (C=O) groups is 3. The van der Waals surface area contributed by atoms with Crippen LogP contribution in [0.3, 0.4) is 0 Å². The highest BCUT2D eigenvalue weighted by atomic mass is 19.1. The Morgan fingerprint density at radius 3 is 2.23 bits per heavy atom. The molecule has 0 fully saturated rings. The number of aryl methyl sites for hydroxylation is 1. The fourth-order valence-corrected chi connectivity index (χ4v) is 2.28. The van der Waals surface area contributed by atoms with Crippen molar-refractivity contribution in [2.24, 2.45) is 0 Å². The summed E-state index contributed by atoms with van der Waals surface area (Å²) < 4.78 is 13.8. The van der Waals surface area contributed by atoms with Crippen molar-refractivity contribution in [2.45, 2.75) is 26.8 Å². The lowest BCUT2D eigenvalue weighted by Crippen LogP contribution is -2.37. The number of hydrogen-bond acceptors (Lipinski definition) is 3. The highest BCUT2D eigenvalue weighted by Crippen LogP contribution is 2.20. The molecule has 0 aliphatic carbocycles. The zero-order valence-corrected chi connectivity index (χ0v) is 14.7. The number of hydrogen-bond donors (Lipinski definition) is 3. The van der Waals surface area contributed by atoms with Gasteiger partial charge < -0.3 is 16.0 Å². The van der Waals surface area contributed by atoms with Crippen molar-refractivity contribution in [3.63, 3.8) is 0 Å². The van der Waals surface area contributed by atoms with Crippen molar-refractivity contribution in [3.8, 4) is 0 Å². The first-order valence-corrected chi connectivity index (χ1v) is 8.02. The average molecular weight is 357 g/mol. The molecule has 0 radical (unpaired) electrons. The molecule has 0 bridgehead atoms. The molecule has 136 valence electrons. The SMILES string of the molecule is CC(=O)Nc1ccc(F)c(NC(=O)C(=O)NC(C)c2ccc(C)cc2)c1. The Balaban J connectivity index is 2.03. The van der Waals surface area contributed by atoms with E-state index in [0.29, 0.717) is 5.69 Å². The molecular formula is C19H20FN3O3. The molecule has 2 rings (SSSR count). The summed E-state index contributed by atoms with van der Waals surface area (Å²) in [6, 6.07) is 10.8. The van der Waals surface area contributed by atoms with Gasteiger partial charge in [0, 0.05) is 12.6 Å². The third kappa shape index (κ3) is 5.14. The summed E-state index contributed by atoms with van der Waals surface area (Å²) in [6.07, 6.45) is 0. The van der Waals surface area contributed by atoms with Crippen molar-refractivity contribution in [3.05, 3.63) is 59.4 Å². The van der Waals surface area contributed by atoms with Gasteiger partial charge >= 0.3 is 11.8 Å². The first-order valence-electron chi connectivity index (χ1n) is 8.02. The number of carbonyl (C=O) groups excluding carboxylic acids is 3. The molecule has 2 aromatic carbocycles. The Bertz CT molecular complexity index is 834. The maximum Gasteiger partial charge on any atom is 0.313 e. The van der Waals surface area contributed by atoms with Crippen LogP contribution in [0.4, 0.5) is 15.8 Å². The predicted octanol–water partition coefficient (Wildman–Crippen LogP) is 2.91. The molecule has 3 amide bonds. The molecule has 6 nitrogen and oxygen atoms in total. The van der Waals surface area contributed by atoms with E-state index in [0.717, 1.165) is 17.2 Å². The van der Waals surface area contributed by atoms with Crippen LogP contribution in [-0.4, -0.2) is 17.7 Å². The first-order chi connectivity index (χ1) is 12.3. The van der Waals surface area contributed by atoms with Crippen LogP contribution >= 0.6 is 0 Å². The molecule has 0 saturated heterocycles. The number of anilines is 2. The molecule has 2 aromatic rings. The minimum Gasteiger partial charge on any atom is -0.341 e. The second-order valence-corrected chi connectivity index (χ2v) is 5.94. The topological polar surface area (TPSA) is 87.3 Å². The van der Waals surface area contributed by atoms with Crippen LogP contribution in [0.5, 0.6) is 0 Å². The van der Waals surface area contributed by atoms with Gasteiger partial charge in [0.25, 0.3) is 0 Å². The highest BCUT2D eigenvalue weighted by Gasteiger charge is 2.19. The third-order valence-electron chi connectivity index (χ3n) is 3.67. The standard InChI is InChI=1S/C19H20FN3O3/c1-11-4-6-14(7-5-11)12(2)21-18(25)19(26)23-17-10-15(22-13(3)24)8-9-16(17)20/h4-10,12H,1-3H3,(H,21,25)(H,22,24)(H,23,26). The Hall–Kier alpha value is -3.22. The predicted molar refractivity (Wildman–Crippen MR) is 97.1 cm³/mol. The zero-order chi connectivity index (χ0) is 19.3. The fourth-order valence-electron chi connectivity index (χ4n) is 2.28. The van der Waals surface area contributed by atoms with Crippen LogP contribution in [-0.2, 0) is 14.4 Å². The third-order valence-corrected chi connectivity index (χ3v) is 3.67. The van der Waals surface area contributed by atoms with E-state index in [1.807, 2.05) is 31.2 Å². The van der Waals surface area contributed by atoms with Gasteiger partial charge in [0.15, 0.2) is 0 Å². The largest absolute Gasteiger partial charge is 0.341 e. The van der Waals surface area contributed by atoms with Gasteiger partial charge in [0.05, 0.1) is 11.7 Å². The van der Waals surface area contributed by atoms with Crippen molar-refractivity contribution >= 4 is 29.1 Å². The lowest BCUT2D eigenvalue weighted by molar-refractivity contribution is -0.136. The first kappa shape index (κ1) is 19.1. The van der Waals surface area contributed by atoms with E-state index in [1.54, 1.807) is 6.92 Å². The van der Waals surface area contributed by atoms with Gasteiger partial charge in [-0.1, -0.05) is 29.8 Å². The lowest BCUT2D eigenvalue weighted by Gasteiger charge is -2.15. The summed E-state index contributed by atoms with van der Waals surface area (Å²) in [4.78, 5) is 35.2. The van der Waals surface area contributed by atoms with Gasteiger partial charge in [-0.05, 0) is 37.6 Å². The summed E-state index contributed by atoms with van der Waals surface area (Å²) in [5.41, 5.74) is 2.04. The van der Waals surface area contributed by atoms with Crippen molar-refractivity contribution in [1.82, 2.24) is 5.32 Å².